The predicted octanol–water partition coefficient (Wildman–Crippen LogP) is 5.23. The number of benzene rings is 1. The molecule has 0 aliphatic carbocycles. The second-order valence-electron chi connectivity index (χ2n) is 9.59. The summed E-state index contributed by atoms with van der Waals surface area (Å²) in [6.07, 6.45) is 0.375. The zero-order valence-corrected chi connectivity index (χ0v) is 21.5. The maximum absolute atomic E-state index is 14.6. The number of alkyl halides is 5. The molecule has 0 radical (unpaired) electrons. The fourth-order valence-electron chi connectivity index (χ4n) is 4.53. The number of nitrogens with zero attached hydrogens (tertiary/aromatic N) is 2. The van der Waals surface area contributed by atoms with Crippen molar-refractivity contribution in [3.8, 4) is 0 Å². The van der Waals surface area contributed by atoms with Crippen LogP contribution < -0.4 is 10.6 Å². The van der Waals surface area contributed by atoms with Crippen LogP contribution in [0.4, 0.5) is 22.0 Å². The van der Waals surface area contributed by atoms with Crippen molar-refractivity contribution in [2.75, 3.05) is 20.1 Å². The van der Waals surface area contributed by atoms with Crippen LogP contribution in [-0.2, 0) is 4.79 Å². The van der Waals surface area contributed by atoms with Gasteiger partial charge in [0.05, 0.1) is 18.2 Å². The summed E-state index contributed by atoms with van der Waals surface area (Å²) in [6, 6.07) is 6.40. The lowest BCUT2D eigenvalue weighted by Gasteiger charge is -2.43. The summed E-state index contributed by atoms with van der Waals surface area (Å²) < 4.78 is 68.6. The van der Waals surface area contributed by atoms with Crippen LogP contribution in [0.25, 0.3) is 5.57 Å². The largest absolute Gasteiger partial charge is 0.417 e. The Kier molecular flexibility index (Phi) is 9.11. The number of piperidine rings is 1. The van der Waals surface area contributed by atoms with E-state index in [2.05, 4.69) is 15.6 Å². The molecule has 1 unspecified atom stereocenters. The van der Waals surface area contributed by atoms with Gasteiger partial charge in [-0.3, -0.25) is 10.2 Å². The lowest BCUT2D eigenvalue weighted by Crippen LogP contribution is -2.59. The SMILES string of the molecule is CN/C=C(\C(=N)C(=O)N1CC(F)(F)C[C@@H](C)C1CNC1=C/CC/C=C(C(F)(F)F)/C=N\1)c1ccc(C)cc1. The molecule has 0 saturated carbocycles. The summed E-state index contributed by atoms with van der Waals surface area (Å²) in [5, 5.41) is 14.4. The molecule has 1 aromatic rings. The minimum Gasteiger partial charge on any atom is -0.393 e. The van der Waals surface area contributed by atoms with Crippen LogP contribution in [0.15, 0.2) is 59.0 Å². The highest BCUT2D eigenvalue weighted by molar-refractivity contribution is 6.54. The molecule has 2 heterocycles. The van der Waals surface area contributed by atoms with E-state index < -0.39 is 54.2 Å². The Morgan fingerprint density at radius 3 is 2.50 bits per heavy atom. The summed E-state index contributed by atoms with van der Waals surface area (Å²) in [7, 11) is 1.61. The number of allylic oxidation sites excluding steroid dienone is 3. The minimum absolute atomic E-state index is 0.0138. The van der Waals surface area contributed by atoms with Gasteiger partial charge in [-0.25, -0.2) is 13.8 Å². The van der Waals surface area contributed by atoms with Crippen molar-refractivity contribution >= 4 is 23.4 Å². The van der Waals surface area contributed by atoms with Gasteiger partial charge in [-0.15, -0.1) is 0 Å². The Hall–Kier alpha value is -3.50. The standard InChI is InChI=1S/C27H32F5N5O/c1-17-8-10-19(11-9-17)21(14-34-3)24(33)25(38)37-16-26(28,29)12-18(2)22(37)15-36-23-7-5-4-6-20(13-35-23)27(30,31)32/h6-11,13-14,18,22,33-34,36H,4-5,12,15-16H2,1-3H3/b20-6-,21-14-,23-7+,33-24?,35-13-/t18-,22?/m1/s1. The van der Waals surface area contributed by atoms with Gasteiger partial charge in [-0.1, -0.05) is 42.8 Å². The fraction of sp³-hybridized carbons (Fsp3) is 0.444. The number of nitrogens with one attached hydrogen (secondary N) is 3. The van der Waals surface area contributed by atoms with Crippen molar-refractivity contribution in [2.24, 2.45) is 10.9 Å². The van der Waals surface area contributed by atoms with E-state index in [4.69, 9.17) is 5.41 Å². The Morgan fingerprint density at radius 2 is 1.87 bits per heavy atom. The van der Waals surface area contributed by atoms with Crippen molar-refractivity contribution < 1.29 is 26.7 Å². The van der Waals surface area contributed by atoms with Gasteiger partial charge in [0.25, 0.3) is 11.8 Å². The normalized spacial score (nSPS) is 25.7. The van der Waals surface area contributed by atoms with Crippen LogP contribution in [0.5, 0.6) is 0 Å². The van der Waals surface area contributed by atoms with Gasteiger partial charge in [0.15, 0.2) is 0 Å². The molecule has 0 spiro atoms. The highest BCUT2D eigenvalue weighted by atomic mass is 19.4. The number of rotatable bonds is 7. The Bertz CT molecular complexity index is 1150. The van der Waals surface area contributed by atoms with Crippen LogP contribution in [-0.4, -0.2) is 61.0 Å². The van der Waals surface area contributed by atoms with E-state index in [9.17, 15) is 26.7 Å². The molecule has 1 aromatic carbocycles. The number of hydrogen-bond donors (Lipinski definition) is 3. The van der Waals surface area contributed by atoms with Crippen LogP contribution in [0, 0.1) is 18.3 Å². The molecule has 2 aliphatic heterocycles. The summed E-state index contributed by atoms with van der Waals surface area (Å²) in [4.78, 5) is 18.4. The van der Waals surface area contributed by atoms with Gasteiger partial charge in [0.1, 0.15) is 11.5 Å². The van der Waals surface area contributed by atoms with Crippen LogP contribution in [0.3, 0.4) is 0 Å². The molecule has 1 fully saturated rings. The zero-order valence-electron chi connectivity index (χ0n) is 21.5. The second kappa shape index (κ2) is 11.9. The number of carbonyl (C=O) groups excluding carboxylic acids is 1. The van der Waals surface area contributed by atoms with E-state index in [-0.39, 0.29) is 24.4 Å². The molecule has 2 aliphatic rings. The number of halogens is 5. The monoisotopic (exact) mass is 537 g/mol. The first kappa shape index (κ1) is 29.1. The predicted molar refractivity (Wildman–Crippen MR) is 138 cm³/mol. The molecule has 3 rings (SSSR count). The highest BCUT2D eigenvalue weighted by Crippen LogP contribution is 2.35. The summed E-state index contributed by atoms with van der Waals surface area (Å²) in [5.41, 5.74) is 0.513. The van der Waals surface area contributed by atoms with E-state index >= 15 is 0 Å². The molecule has 0 bridgehead atoms. The maximum Gasteiger partial charge on any atom is 0.417 e. The molecular formula is C27H32F5N5O. The summed E-state index contributed by atoms with van der Waals surface area (Å²) in [6.45, 7) is 2.61. The number of amides is 1. The van der Waals surface area contributed by atoms with Crippen LogP contribution in [0.1, 0.15) is 37.3 Å². The first-order chi connectivity index (χ1) is 17.8. The number of hydrogen-bond acceptors (Lipinski definition) is 5. The van der Waals surface area contributed by atoms with Gasteiger partial charge in [-0.2, -0.15) is 13.2 Å². The highest BCUT2D eigenvalue weighted by Gasteiger charge is 2.46. The van der Waals surface area contributed by atoms with Crippen molar-refractivity contribution in [3.05, 3.63) is 65.1 Å². The number of aliphatic imine (C=N–C) groups is 1. The van der Waals surface area contributed by atoms with E-state index in [1.54, 1.807) is 32.2 Å². The number of likely N-dealkylation sites (tertiary alicyclic amines) is 1. The molecule has 3 N–H and O–H groups in total. The minimum atomic E-state index is -4.53. The molecular weight excluding hydrogens is 505 g/mol. The van der Waals surface area contributed by atoms with Crippen molar-refractivity contribution in [1.29, 1.82) is 5.41 Å². The molecule has 206 valence electrons. The van der Waals surface area contributed by atoms with Crippen molar-refractivity contribution in [3.63, 3.8) is 0 Å². The average molecular weight is 538 g/mol. The first-order valence-electron chi connectivity index (χ1n) is 12.3. The second-order valence-corrected chi connectivity index (χ2v) is 9.59. The Labute approximate surface area is 218 Å². The molecule has 1 amide bonds. The topological polar surface area (TPSA) is 80.6 Å². The van der Waals surface area contributed by atoms with Crippen LogP contribution in [0.2, 0.25) is 0 Å². The molecule has 1 saturated heterocycles. The zero-order chi connectivity index (χ0) is 28.1. The Balaban J connectivity index is 1.83. The van der Waals surface area contributed by atoms with E-state index in [0.29, 0.717) is 12.0 Å². The third kappa shape index (κ3) is 7.29. The first-order valence-corrected chi connectivity index (χ1v) is 12.3. The summed E-state index contributed by atoms with van der Waals surface area (Å²) >= 11 is 0. The average Bonchev–Trinajstić information content (AvgIpc) is 2.81. The quantitative estimate of drug-likeness (QED) is 0.329. The lowest BCUT2D eigenvalue weighted by molar-refractivity contribution is -0.145. The molecule has 38 heavy (non-hydrogen) atoms. The molecule has 0 aromatic heterocycles. The van der Waals surface area contributed by atoms with Gasteiger partial charge in [0.2, 0.25) is 0 Å². The van der Waals surface area contributed by atoms with Gasteiger partial charge < -0.3 is 15.5 Å². The van der Waals surface area contributed by atoms with Crippen molar-refractivity contribution in [2.45, 2.75) is 51.3 Å². The maximum atomic E-state index is 14.6. The van der Waals surface area contributed by atoms with E-state index in [1.807, 2.05) is 19.1 Å². The third-order valence-corrected chi connectivity index (χ3v) is 6.51. The lowest BCUT2D eigenvalue weighted by atomic mass is 9.87. The van der Waals surface area contributed by atoms with E-state index in [0.717, 1.165) is 22.8 Å². The summed E-state index contributed by atoms with van der Waals surface area (Å²) in [5.74, 6) is -4.49. The fourth-order valence-corrected chi connectivity index (χ4v) is 4.53. The molecule has 2 atom stereocenters. The van der Waals surface area contributed by atoms with Gasteiger partial charge in [0, 0.05) is 38.0 Å². The van der Waals surface area contributed by atoms with E-state index in [1.165, 1.54) is 6.20 Å². The van der Waals surface area contributed by atoms with Crippen LogP contribution >= 0.6 is 0 Å². The number of aryl methyl sites for hydroxylation is 1. The molecule has 6 nitrogen and oxygen atoms in total. The molecule has 11 heteroatoms. The van der Waals surface area contributed by atoms with Gasteiger partial charge in [-0.05, 0) is 37.3 Å². The Morgan fingerprint density at radius 1 is 1.21 bits per heavy atom. The third-order valence-electron chi connectivity index (χ3n) is 6.51. The van der Waals surface area contributed by atoms with Gasteiger partial charge >= 0.3 is 6.18 Å². The number of carbonyl (C=O) groups is 1. The van der Waals surface area contributed by atoms with Crippen molar-refractivity contribution in [1.82, 2.24) is 15.5 Å². The smallest absolute Gasteiger partial charge is 0.393 e.